The first-order valence-electron chi connectivity index (χ1n) is 9.91. The van der Waals surface area contributed by atoms with E-state index in [4.69, 9.17) is 15.7 Å². The van der Waals surface area contributed by atoms with Gasteiger partial charge in [0.1, 0.15) is 0 Å². The van der Waals surface area contributed by atoms with Crippen molar-refractivity contribution in [3.05, 3.63) is 41.6 Å². The second kappa shape index (κ2) is 8.02. The predicted molar refractivity (Wildman–Crippen MR) is 113 cm³/mol. The van der Waals surface area contributed by atoms with Gasteiger partial charge < -0.3 is 21.7 Å². The molecule has 8 nitrogen and oxygen atoms in total. The number of nitrogens with one attached hydrogen (secondary N) is 3. The van der Waals surface area contributed by atoms with E-state index in [9.17, 15) is 0 Å². The van der Waals surface area contributed by atoms with Crippen molar-refractivity contribution in [3.8, 4) is 0 Å². The summed E-state index contributed by atoms with van der Waals surface area (Å²) in [7, 11) is 0. The summed E-state index contributed by atoms with van der Waals surface area (Å²) >= 11 is 0. The lowest BCUT2D eigenvalue weighted by Crippen LogP contribution is -2.38. The van der Waals surface area contributed by atoms with E-state index in [1.807, 2.05) is 30.5 Å². The van der Waals surface area contributed by atoms with Crippen LogP contribution in [-0.4, -0.2) is 38.7 Å². The lowest BCUT2D eigenvalue weighted by Gasteiger charge is -2.24. The van der Waals surface area contributed by atoms with Crippen molar-refractivity contribution in [2.24, 2.45) is 0 Å². The maximum absolute atomic E-state index is 5.90. The van der Waals surface area contributed by atoms with E-state index in [1.54, 1.807) is 4.52 Å². The SMILES string of the molecule is CC(C)c1cnn2c(NCc3cccc(N)c3)nc(N[C@H]3CCCNC3)nc12. The van der Waals surface area contributed by atoms with Crippen molar-refractivity contribution in [3.63, 3.8) is 0 Å². The van der Waals surface area contributed by atoms with E-state index in [0.717, 1.165) is 48.4 Å². The number of rotatable bonds is 6. The van der Waals surface area contributed by atoms with Gasteiger partial charge in [0.2, 0.25) is 11.9 Å². The van der Waals surface area contributed by atoms with Crippen LogP contribution >= 0.6 is 0 Å². The van der Waals surface area contributed by atoms with Gasteiger partial charge >= 0.3 is 0 Å². The van der Waals surface area contributed by atoms with E-state index in [1.165, 1.54) is 0 Å². The molecule has 0 aliphatic carbocycles. The highest BCUT2D eigenvalue weighted by atomic mass is 15.4. The molecule has 3 aromatic rings. The molecule has 0 bridgehead atoms. The van der Waals surface area contributed by atoms with Crippen molar-refractivity contribution < 1.29 is 0 Å². The first kappa shape index (κ1) is 18.5. The third-order valence-corrected chi connectivity index (χ3v) is 5.05. The minimum atomic E-state index is 0.332. The molecule has 0 saturated carbocycles. The average Bonchev–Trinajstić information content (AvgIpc) is 3.11. The van der Waals surface area contributed by atoms with Crippen molar-refractivity contribution >= 4 is 23.2 Å². The van der Waals surface area contributed by atoms with Gasteiger partial charge in [-0.2, -0.15) is 19.6 Å². The van der Waals surface area contributed by atoms with Crippen LogP contribution in [0.4, 0.5) is 17.6 Å². The summed E-state index contributed by atoms with van der Waals surface area (Å²) in [4.78, 5) is 9.48. The summed E-state index contributed by atoms with van der Waals surface area (Å²) in [5.41, 5.74) is 9.69. The van der Waals surface area contributed by atoms with Crippen molar-refractivity contribution in [1.82, 2.24) is 24.9 Å². The molecule has 1 saturated heterocycles. The number of anilines is 3. The fraction of sp³-hybridized carbons (Fsp3) is 0.450. The van der Waals surface area contributed by atoms with Gasteiger partial charge in [-0.1, -0.05) is 26.0 Å². The zero-order chi connectivity index (χ0) is 19.5. The summed E-state index contributed by atoms with van der Waals surface area (Å²) < 4.78 is 1.78. The summed E-state index contributed by atoms with van der Waals surface area (Å²) in [6, 6.07) is 8.17. The van der Waals surface area contributed by atoms with Gasteiger partial charge in [0.25, 0.3) is 0 Å². The molecule has 0 radical (unpaired) electrons. The minimum absolute atomic E-state index is 0.332. The highest BCUT2D eigenvalue weighted by Crippen LogP contribution is 2.23. The normalized spacial score (nSPS) is 17.2. The molecule has 148 valence electrons. The van der Waals surface area contributed by atoms with E-state index < -0.39 is 0 Å². The minimum Gasteiger partial charge on any atom is -0.399 e. The van der Waals surface area contributed by atoms with Crippen LogP contribution in [0.1, 0.15) is 43.7 Å². The van der Waals surface area contributed by atoms with Gasteiger partial charge in [0.05, 0.1) is 6.20 Å². The van der Waals surface area contributed by atoms with Gasteiger partial charge in [-0.15, -0.1) is 0 Å². The van der Waals surface area contributed by atoms with Gasteiger partial charge in [0, 0.05) is 30.4 Å². The quantitative estimate of drug-likeness (QED) is 0.487. The Morgan fingerprint density at radius 2 is 2.21 bits per heavy atom. The molecule has 1 aromatic carbocycles. The zero-order valence-corrected chi connectivity index (χ0v) is 16.4. The molecule has 8 heteroatoms. The molecule has 3 heterocycles. The monoisotopic (exact) mass is 380 g/mol. The number of aromatic nitrogens is 4. The van der Waals surface area contributed by atoms with Crippen molar-refractivity contribution in [2.45, 2.75) is 45.2 Å². The van der Waals surface area contributed by atoms with Crippen molar-refractivity contribution in [1.29, 1.82) is 0 Å². The van der Waals surface area contributed by atoms with Crippen LogP contribution in [0.25, 0.3) is 5.65 Å². The van der Waals surface area contributed by atoms with Crippen LogP contribution < -0.4 is 21.7 Å². The summed E-state index contributed by atoms with van der Waals surface area (Å²) in [5.74, 6) is 1.64. The summed E-state index contributed by atoms with van der Waals surface area (Å²) in [5, 5.41) is 14.8. The zero-order valence-electron chi connectivity index (χ0n) is 16.4. The molecule has 0 amide bonds. The molecule has 1 atom stereocenters. The second-order valence-corrected chi connectivity index (χ2v) is 7.65. The number of nitrogens with two attached hydrogens (primary N) is 1. The van der Waals surface area contributed by atoms with Crippen LogP contribution in [0, 0.1) is 0 Å². The standard InChI is InChI=1S/C20H28N8/c1-13(2)17-12-24-28-18(17)26-19(25-16-7-4-8-22-11-16)27-20(28)23-10-14-5-3-6-15(21)9-14/h3,5-6,9,12-13,16,22H,4,7-8,10-11,21H2,1-2H3,(H2,23,25,26,27)/t16-/m0/s1. The summed E-state index contributed by atoms with van der Waals surface area (Å²) in [6.07, 6.45) is 4.15. The van der Waals surface area contributed by atoms with E-state index >= 15 is 0 Å². The lowest BCUT2D eigenvalue weighted by molar-refractivity contribution is 0.478. The van der Waals surface area contributed by atoms with Crippen LogP contribution in [0.5, 0.6) is 0 Å². The summed E-state index contributed by atoms with van der Waals surface area (Å²) in [6.45, 7) is 6.91. The highest BCUT2D eigenvalue weighted by molar-refractivity contribution is 5.56. The molecule has 1 aliphatic heterocycles. The molecular formula is C20H28N8. The van der Waals surface area contributed by atoms with E-state index in [0.29, 0.717) is 30.4 Å². The van der Waals surface area contributed by atoms with Gasteiger partial charge in [-0.3, -0.25) is 0 Å². The highest BCUT2D eigenvalue weighted by Gasteiger charge is 2.18. The lowest BCUT2D eigenvalue weighted by atomic mass is 10.1. The van der Waals surface area contributed by atoms with E-state index in [-0.39, 0.29) is 0 Å². The Bertz CT molecular complexity index is 943. The molecule has 28 heavy (non-hydrogen) atoms. The van der Waals surface area contributed by atoms with Gasteiger partial charge in [-0.05, 0) is 43.0 Å². The average molecular weight is 381 g/mol. The maximum Gasteiger partial charge on any atom is 0.229 e. The number of hydrogen-bond donors (Lipinski definition) is 4. The Morgan fingerprint density at radius 3 is 2.96 bits per heavy atom. The smallest absolute Gasteiger partial charge is 0.229 e. The fourth-order valence-corrected chi connectivity index (χ4v) is 3.52. The number of piperidine rings is 1. The molecule has 1 aliphatic rings. The number of hydrogen-bond acceptors (Lipinski definition) is 7. The van der Waals surface area contributed by atoms with Crippen molar-refractivity contribution in [2.75, 3.05) is 29.5 Å². The third kappa shape index (κ3) is 4.01. The Labute approximate surface area is 165 Å². The maximum atomic E-state index is 5.90. The molecule has 5 N–H and O–H groups in total. The Kier molecular flexibility index (Phi) is 5.29. The van der Waals surface area contributed by atoms with E-state index in [2.05, 4.69) is 34.9 Å². The first-order chi connectivity index (χ1) is 13.6. The van der Waals surface area contributed by atoms with Crippen LogP contribution in [-0.2, 0) is 6.54 Å². The molecule has 0 spiro atoms. The Morgan fingerprint density at radius 1 is 1.32 bits per heavy atom. The largest absolute Gasteiger partial charge is 0.399 e. The second-order valence-electron chi connectivity index (χ2n) is 7.65. The first-order valence-corrected chi connectivity index (χ1v) is 9.91. The Hall–Kier alpha value is -2.87. The predicted octanol–water partition coefficient (Wildman–Crippen LogP) is 2.61. The van der Waals surface area contributed by atoms with Crippen LogP contribution in [0.15, 0.2) is 30.5 Å². The van der Waals surface area contributed by atoms with Crippen LogP contribution in [0.3, 0.4) is 0 Å². The van der Waals surface area contributed by atoms with Gasteiger partial charge in [0.15, 0.2) is 5.65 Å². The molecule has 1 fully saturated rings. The van der Waals surface area contributed by atoms with Gasteiger partial charge in [-0.25, -0.2) is 0 Å². The number of benzene rings is 1. The Balaban J connectivity index is 1.64. The molecule has 2 aromatic heterocycles. The number of fused-ring (bicyclic) bond motifs is 1. The molecule has 0 unspecified atom stereocenters. The number of nitrogen functional groups attached to an aromatic ring is 1. The third-order valence-electron chi connectivity index (χ3n) is 5.05. The topological polar surface area (TPSA) is 105 Å². The fourth-order valence-electron chi connectivity index (χ4n) is 3.52. The molecular weight excluding hydrogens is 352 g/mol. The molecule has 4 rings (SSSR count). The number of nitrogens with zero attached hydrogens (tertiary/aromatic N) is 4. The van der Waals surface area contributed by atoms with Crippen LogP contribution in [0.2, 0.25) is 0 Å².